The number of allylic oxidation sites excluding steroid dienone is 3. The van der Waals surface area contributed by atoms with Gasteiger partial charge < -0.3 is 18.3 Å². The molecule has 4 heteroatoms. The first-order valence-electron chi connectivity index (χ1n) is 3.15. The number of amides is 1. The molecule has 0 fully saturated rings. The zero-order valence-corrected chi connectivity index (χ0v) is 7.58. The number of rotatable bonds is 4. The van der Waals surface area contributed by atoms with E-state index in [4.69, 9.17) is 0 Å². The molecule has 0 unspecified atom stereocenters. The molecule has 1 N–H and O–H groups in total. The summed E-state index contributed by atoms with van der Waals surface area (Å²) in [5.74, 6) is 0. The standard InChI is InChI=1S/C8H9NO.2Li/c10-7-9-6-5-8-3-1-2-4-8;;/h1-3,5-7H,4H2,(H,9,10);;/q-2;2*+1. The first-order valence-corrected chi connectivity index (χ1v) is 3.15. The van der Waals surface area contributed by atoms with Crippen molar-refractivity contribution >= 4 is 6.41 Å². The maximum absolute atomic E-state index is 9.78. The predicted molar refractivity (Wildman–Crippen MR) is 39.6 cm³/mol. The largest absolute Gasteiger partial charge is 1.00 e. The van der Waals surface area contributed by atoms with E-state index in [1.54, 1.807) is 6.54 Å². The minimum atomic E-state index is 0. The normalized spacial score (nSPS) is 12.2. The monoisotopic (exact) mass is 149 g/mol. The van der Waals surface area contributed by atoms with Crippen molar-refractivity contribution in [3.05, 3.63) is 36.8 Å². The van der Waals surface area contributed by atoms with Gasteiger partial charge in [-0.3, -0.25) is 4.79 Å². The molecule has 1 aliphatic carbocycles. The molecular formula is C8H9Li2NO. The van der Waals surface area contributed by atoms with Crippen LogP contribution in [0.25, 0.3) is 0 Å². The Balaban J connectivity index is 0. The Kier molecular flexibility index (Phi) is 11.0. The Morgan fingerprint density at radius 1 is 1.50 bits per heavy atom. The van der Waals surface area contributed by atoms with Crippen LogP contribution in [0.3, 0.4) is 0 Å². The maximum atomic E-state index is 9.78. The minimum absolute atomic E-state index is 0. The van der Waals surface area contributed by atoms with Crippen molar-refractivity contribution < 1.29 is 42.5 Å². The zero-order chi connectivity index (χ0) is 7.23. The van der Waals surface area contributed by atoms with Gasteiger partial charge in [-0.15, -0.1) is 12.2 Å². The van der Waals surface area contributed by atoms with Gasteiger partial charge in [0, 0.05) is 0 Å². The Labute approximate surface area is 97.2 Å². The van der Waals surface area contributed by atoms with Crippen molar-refractivity contribution in [3.8, 4) is 0 Å². The van der Waals surface area contributed by atoms with E-state index < -0.39 is 0 Å². The molecule has 0 aromatic carbocycles. The molecule has 0 aromatic rings. The van der Waals surface area contributed by atoms with Crippen LogP contribution in [0, 0.1) is 13.0 Å². The molecule has 2 nitrogen and oxygen atoms in total. The first kappa shape index (κ1) is 14.5. The molecule has 0 heterocycles. The van der Waals surface area contributed by atoms with Crippen molar-refractivity contribution in [3.63, 3.8) is 0 Å². The Bertz CT molecular complexity index is 178. The first-order chi connectivity index (χ1) is 4.93. The molecule has 0 radical (unpaired) electrons. The summed E-state index contributed by atoms with van der Waals surface area (Å²) < 4.78 is 0. The number of hydrogen-bond donors (Lipinski definition) is 1. The molecule has 0 aliphatic heterocycles. The molecular weight excluding hydrogens is 140 g/mol. The van der Waals surface area contributed by atoms with Gasteiger partial charge in [-0.25, -0.2) is 11.6 Å². The van der Waals surface area contributed by atoms with Gasteiger partial charge in [-0.2, -0.15) is 0 Å². The van der Waals surface area contributed by atoms with E-state index >= 15 is 0 Å². The Morgan fingerprint density at radius 3 is 2.75 bits per heavy atom. The van der Waals surface area contributed by atoms with Crippen LogP contribution in [0.2, 0.25) is 0 Å². The van der Waals surface area contributed by atoms with Crippen molar-refractivity contribution in [2.45, 2.75) is 6.42 Å². The van der Waals surface area contributed by atoms with Crippen molar-refractivity contribution in [2.75, 3.05) is 0 Å². The summed E-state index contributed by atoms with van der Waals surface area (Å²) in [5.41, 5.74) is 1.22. The molecule has 1 amide bonds. The predicted octanol–water partition coefficient (Wildman–Crippen LogP) is -5.01. The average Bonchev–Trinajstić information content (AvgIpc) is 2.41. The van der Waals surface area contributed by atoms with Crippen LogP contribution in [0.15, 0.2) is 23.8 Å². The SMILES string of the molecule is O=CN[CH-][CH-]C1=CC=CC1.[Li+].[Li+]. The van der Waals surface area contributed by atoms with Crippen LogP contribution in [-0.2, 0) is 4.79 Å². The molecule has 0 spiro atoms. The number of carbonyl (C=O) groups excluding carboxylic acids is 1. The smallest absolute Gasteiger partial charge is 0.522 e. The van der Waals surface area contributed by atoms with Gasteiger partial charge in [-0.05, 0) is 6.42 Å². The van der Waals surface area contributed by atoms with Crippen LogP contribution in [0.5, 0.6) is 0 Å². The molecule has 12 heavy (non-hydrogen) atoms. The second kappa shape index (κ2) is 9.11. The number of carbonyl (C=O) groups is 1. The topological polar surface area (TPSA) is 29.1 Å². The summed E-state index contributed by atoms with van der Waals surface area (Å²) in [6.07, 6.45) is 9.59. The maximum Gasteiger partial charge on any atom is 1.00 e. The molecule has 1 rings (SSSR count). The van der Waals surface area contributed by atoms with Crippen LogP contribution in [0.4, 0.5) is 0 Å². The van der Waals surface area contributed by atoms with Gasteiger partial charge in [0.25, 0.3) is 0 Å². The van der Waals surface area contributed by atoms with Gasteiger partial charge in [0.1, 0.15) is 0 Å². The van der Waals surface area contributed by atoms with Gasteiger partial charge in [-0.1, -0.05) is 0 Å². The van der Waals surface area contributed by atoms with E-state index in [1.165, 1.54) is 5.57 Å². The van der Waals surface area contributed by atoms with Crippen LogP contribution < -0.4 is 43.0 Å². The molecule has 0 atom stereocenters. The summed E-state index contributed by atoms with van der Waals surface area (Å²) in [6, 6.07) is 0. The average molecular weight is 149 g/mol. The number of nitrogens with one attached hydrogen (secondary N) is 1. The zero-order valence-electron chi connectivity index (χ0n) is 7.58. The van der Waals surface area contributed by atoms with E-state index in [1.807, 2.05) is 18.6 Å². The fraction of sp³-hybridized carbons (Fsp3) is 0.125. The molecule has 0 bridgehead atoms. The fourth-order valence-electron chi connectivity index (χ4n) is 0.782. The summed E-state index contributed by atoms with van der Waals surface area (Å²) in [6.45, 7) is 1.63. The third-order valence-corrected chi connectivity index (χ3v) is 1.26. The Morgan fingerprint density at radius 2 is 2.25 bits per heavy atom. The van der Waals surface area contributed by atoms with E-state index in [2.05, 4.69) is 11.4 Å². The third-order valence-electron chi connectivity index (χ3n) is 1.26. The van der Waals surface area contributed by atoms with Gasteiger partial charge in [0.05, 0.1) is 0 Å². The summed E-state index contributed by atoms with van der Waals surface area (Å²) in [7, 11) is 0. The van der Waals surface area contributed by atoms with Crippen molar-refractivity contribution in [2.24, 2.45) is 0 Å². The second-order valence-electron chi connectivity index (χ2n) is 1.99. The summed E-state index contributed by atoms with van der Waals surface area (Å²) in [5, 5.41) is 2.45. The molecule has 0 saturated carbocycles. The third kappa shape index (κ3) is 5.64. The molecule has 0 aromatic heterocycles. The van der Waals surface area contributed by atoms with Crippen molar-refractivity contribution in [1.29, 1.82) is 0 Å². The van der Waals surface area contributed by atoms with Gasteiger partial charge >= 0.3 is 37.7 Å². The van der Waals surface area contributed by atoms with Gasteiger partial charge in [0.2, 0.25) is 0 Å². The van der Waals surface area contributed by atoms with E-state index in [9.17, 15) is 4.79 Å². The summed E-state index contributed by atoms with van der Waals surface area (Å²) >= 11 is 0. The minimum Gasteiger partial charge on any atom is -0.522 e. The van der Waals surface area contributed by atoms with E-state index in [0.29, 0.717) is 6.41 Å². The number of hydrogen-bond acceptors (Lipinski definition) is 1. The van der Waals surface area contributed by atoms with Crippen LogP contribution in [-0.4, -0.2) is 6.41 Å². The van der Waals surface area contributed by atoms with Crippen molar-refractivity contribution in [1.82, 2.24) is 5.32 Å². The summed E-state index contributed by atoms with van der Waals surface area (Å²) in [4.78, 5) is 9.78. The Hall–Kier alpha value is 0.0148. The van der Waals surface area contributed by atoms with E-state index in [-0.39, 0.29) is 37.7 Å². The van der Waals surface area contributed by atoms with E-state index in [0.717, 1.165) is 6.42 Å². The van der Waals surface area contributed by atoms with Crippen LogP contribution in [0.1, 0.15) is 6.42 Å². The quantitative estimate of drug-likeness (QED) is 0.184. The van der Waals surface area contributed by atoms with Gasteiger partial charge in [0.15, 0.2) is 6.41 Å². The van der Waals surface area contributed by atoms with Crippen LogP contribution >= 0.6 is 0 Å². The fourth-order valence-corrected chi connectivity index (χ4v) is 0.782. The molecule has 0 saturated heterocycles. The molecule has 1 aliphatic rings. The molecule has 54 valence electrons. The second-order valence-corrected chi connectivity index (χ2v) is 1.99.